The van der Waals surface area contributed by atoms with Gasteiger partial charge in [0.2, 0.25) is 5.91 Å². The summed E-state index contributed by atoms with van der Waals surface area (Å²) in [5.74, 6) is -1.27. The molecule has 2 heterocycles. The predicted molar refractivity (Wildman–Crippen MR) is 159 cm³/mol. The van der Waals surface area contributed by atoms with Crippen molar-refractivity contribution in [2.24, 2.45) is 0 Å². The Kier molecular flexibility index (Phi) is 9.15. The van der Waals surface area contributed by atoms with Gasteiger partial charge in [0.15, 0.2) is 5.78 Å². The Morgan fingerprint density at radius 1 is 1.05 bits per heavy atom. The number of pyridine rings is 1. The lowest BCUT2D eigenvalue weighted by molar-refractivity contribution is -0.113. The lowest BCUT2D eigenvalue weighted by Crippen LogP contribution is -2.16. The zero-order valence-corrected chi connectivity index (χ0v) is 24.2. The molecule has 0 aliphatic carbocycles. The van der Waals surface area contributed by atoms with E-state index < -0.39 is 11.9 Å². The molecule has 0 unspecified atom stereocenters. The number of carbonyl (C=O) groups is 3. The molecule has 0 saturated carbocycles. The van der Waals surface area contributed by atoms with Gasteiger partial charge in [0.1, 0.15) is 16.1 Å². The topological polar surface area (TPSA) is 109 Å². The van der Waals surface area contributed by atoms with Crippen LogP contribution in [0.1, 0.15) is 50.6 Å². The molecule has 0 spiro atoms. The largest absolute Gasteiger partial charge is 0.462 e. The van der Waals surface area contributed by atoms with E-state index in [1.54, 1.807) is 13.8 Å². The van der Waals surface area contributed by atoms with E-state index >= 15 is 0 Å². The molecule has 0 radical (unpaired) electrons. The number of nitrogens with one attached hydrogen (secondary N) is 1. The van der Waals surface area contributed by atoms with Gasteiger partial charge in [0, 0.05) is 11.1 Å². The van der Waals surface area contributed by atoms with Crippen molar-refractivity contribution in [3.63, 3.8) is 0 Å². The number of anilines is 1. The monoisotopic (exact) mass is 569 g/mol. The maximum absolute atomic E-state index is 13.1. The summed E-state index contributed by atoms with van der Waals surface area (Å²) >= 11 is 2.18. The number of thiophene rings is 1. The van der Waals surface area contributed by atoms with E-state index in [1.165, 1.54) is 6.92 Å². The van der Waals surface area contributed by atoms with E-state index in [1.807, 2.05) is 67.6 Å². The first kappa shape index (κ1) is 28.7. The number of esters is 1. The number of carbonyl (C=O) groups excluding carboxylic acids is 3. The van der Waals surface area contributed by atoms with E-state index in [4.69, 9.17) is 9.72 Å². The van der Waals surface area contributed by atoms with Gasteiger partial charge in [0.25, 0.3) is 0 Å². The predicted octanol–water partition coefficient (Wildman–Crippen LogP) is 7.08. The molecule has 0 bridgehead atoms. The third kappa shape index (κ3) is 6.30. The maximum atomic E-state index is 13.1. The Labute approximate surface area is 241 Å². The first-order chi connectivity index (χ1) is 19.2. The SMILES string of the molecule is CCOC(=O)c1c(NC(=O)CSc2nc(-c3ccccc3)cc(-c3ccc(C)cc3)c2C#N)sc(C(C)=O)c1C. The summed E-state index contributed by atoms with van der Waals surface area (Å²) in [6.45, 7) is 6.92. The quantitative estimate of drug-likeness (QED) is 0.130. The molecule has 2 aromatic heterocycles. The van der Waals surface area contributed by atoms with Gasteiger partial charge in [-0.15, -0.1) is 11.3 Å². The van der Waals surface area contributed by atoms with Gasteiger partial charge in [-0.2, -0.15) is 5.26 Å². The maximum Gasteiger partial charge on any atom is 0.341 e. The average molecular weight is 570 g/mol. The van der Waals surface area contributed by atoms with Gasteiger partial charge in [-0.25, -0.2) is 9.78 Å². The summed E-state index contributed by atoms with van der Waals surface area (Å²) in [4.78, 5) is 42.9. The molecular formula is C31H27N3O4S2. The average Bonchev–Trinajstić information content (AvgIpc) is 3.28. The van der Waals surface area contributed by atoms with Gasteiger partial charge in [-0.1, -0.05) is 71.9 Å². The van der Waals surface area contributed by atoms with Crippen molar-refractivity contribution >= 4 is 45.8 Å². The van der Waals surface area contributed by atoms with Crippen LogP contribution in [-0.2, 0) is 9.53 Å². The van der Waals surface area contributed by atoms with E-state index in [2.05, 4.69) is 11.4 Å². The van der Waals surface area contributed by atoms with Crippen molar-refractivity contribution in [1.82, 2.24) is 4.98 Å². The zero-order chi connectivity index (χ0) is 28.8. The van der Waals surface area contributed by atoms with Crippen LogP contribution in [0.3, 0.4) is 0 Å². The molecule has 1 amide bonds. The third-order valence-electron chi connectivity index (χ3n) is 6.07. The number of hydrogen-bond acceptors (Lipinski definition) is 8. The molecule has 9 heteroatoms. The Hall–Kier alpha value is -4.26. The highest BCUT2D eigenvalue weighted by molar-refractivity contribution is 8.00. The first-order valence-corrected chi connectivity index (χ1v) is 14.3. The fourth-order valence-electron chi connectivity index (χ4n) is 4.13. The highest BCUT2D eigenvalue weighted by atomic mass is 32.2. The Bertz CT molecular complexity index is 1620. The van der Waals surface area contributed by atoms with Gasteiger partial charge in [-0.3, -0.25) is 9.59 Å². The molecule has 202 valence electrons. The lowest BCUT2D eigenvalue weighted by Gasteiger charge is -2.13. The second kappa shape index (κ2) is 12.7. The molecule has 0 atom stereocenters. The van der Waals surface area contributed by atoms with Crippen molar-refractivity contribution in [3.8, 4) is 28.5 Å². The van der Waals surface area contributed by atoms with Gasteiger partial charge < -0.3 is 10.1 Å². The van der Waals surface area contributed by atoms with Crippen LogP contribution in [0.15, 0.2) is 65.7 Å². The number of aromatic nitrogens is 1. The number of ether oxygens (including phenoxy) is 1. The van der Waals surface area contributed by atoms with Gasteiger partial charge in [0.05, 0.1) is 34.1 Å². The van der Waals surface area contributed by atoms with Crippen molar-refractivity contribution in [1.29, 1.82) is 5.26 Å². The van der Waals surface area contributed by atoms with E-state index in [-0.39, 0.29) is 28.7 Å². The summed E-state index contributed by atoms with van der Waals surface area (Å²) in [6.07, 6.45) is 0. The number of aryl methyl sites for hydroxylation is 1. The molecule has 0 fully saturated rings. The van der Waals surface area contributed by atoms with Gasteiger partial charge >= 0.3 is 5.97 Å². The molecule has 4 aromatic rings. The van der Waals surface area contributed by atoms with E-state index in [0.29, 0.717) is 26.7 Å². The van der Waals surface area contributed by atoms with Crippen LogP contribution in [-0.4, -0.2) is 35.0 Å². The normalized spacial score (nSPS) is 10.6. The van der Waals surface area contributed by atoms with Crippen molar-refractivity contribution in [2.75, 3.05) is 17.7 Å². The molecule has 0 saturated heterocycles. The standard InChI is InChI=1S/C31H27N3O4S2/c1-5-38-31(37)27-19(3)28(20(4)35)40-30(27)34-26(36)17-39-29-24(16-32)23(21-13-11-18(2)12-14-21)15-25(33-29)22-9-7-6-8-10-22/h6-15H,5,17H2,1-4H3,(H,34,36). The van der Waals surface area contributed by atoms with Crippen LogP contribution in [0, 0.1) is 25.2 Å². The summed E-state index contributed by atoms with van der Waals surface area (Å²) in [7, 11) is 0. The summed E-state index contributed by atoms with van der Waals surface area (Å²) in [5, 5.41) is 13.6. The second-order valence-electron chi connectivity index (χ2n) is 8.95. The van der Waals surface area contributed by atoms with Gasteiger partial charge in [-0.05, 0) is 44.9 Å². The zero-order valence-electron chi connectivity index (χ0n) is 22.5. The molecule has 40 heavy (non-hydrogen) atoms. The van der Waals surface area contributed by atoms with Crippen LogP contribution < -0.4 is 5.32 Å². The number of ketones is 1. The molecule has 2 aromatic carbocycles. The molecule has 0 aliphatic heterocycles. The number of nitrogens with zero attached hydrogens (tertiary/aromatic N) is 2. The fourth-order valence-corrected chi connectivity index (χ4v) is 6.04. The number of benzene rings is 2. The highest BCUT2D eigenvalue weighted by Gasteiger charge is 2.25. The van der Waals surface area contributed by atoms with Crippen LogP contribution in [0.5, 0.6) is 0 Å². The minimum atomic E-state index is -0.599. The number of hydrogen-bond donors (Lipinski definition) is 1. The number of thioether (sulfide) groups is 1. The lowest BCUT2D eigenvalue weighted by atomic mass is 9.98. The Morgan fingerprint density at radius 2 is 1.75 bits per heavy atom. The number of amides is 1. The first-order valence-electron chi connectivity index (χ1n) is 12.5. The van der Waals surface area contributed by atoms with Crippen LogP contribution in [0.2, 0.25) is 0 Å². The number of Topliss-reactive ketones (excluding diaryl/α,β-unsaturated/α-hetero) is 1. The van der Waals surface area contributed by atoms with Crippen LogP contribution in [0.25, 0.3) is 22.4 Å². The fraction of sp³-hybridized carbons (Fsp3) is 0.194. The van der Waals surface area contributed by atoms with Crippen molar-refractivity contribution < 1.29 is 19.1 Å². The van der Waals surface area contributed by atoms with E-state index in [9.17, 15) is 19.6 Å². The molecule has 0 aliphatic rings. The second-order valence-corrected chi connectivity index (χ2v) is 10.9. The summed E-state index contributed by atoms with van der Waals surface area (Å²) < 4.78 is 5.16. The molecule has 7 nitrogen and oxygen atoms in total. The van der Waals surface area contributed by atoms with Crippen molar-refractivity contribution in [2.45, 2.75) is 32.7 Å². The number of rotatable bonds is 9. The Balaban J connectivity index is 1.67. The van der Waals surface area contributed by atoms with Crippen molar-refractivity contribution in [3.05, 3.63) is 87.8 Å². The minimum absolute atomic E-state index is 0.0676. The number of nitriles is 1. The molecule has 4 rings (SSSR count). The minimum Gasteiger partial charge on any atom is -0.462 e. The Morgan fingerprint density at radius 3 is 2.38 bits per heavy atom. The summed E-state index contributed by atoms with van der Waals surface area (Å²) in [6, 6.07) is 21.7. The molecular weight excluding hydrogens is 542 g/mol. The molecule has 1 N–H and O–H groups in total. The third-order valence-corrected chi connectivity index (χ3v) is 8.35. The van der Waals surface area contributed by atoms with Crippen LogP contribution >= 0.6 is 23.1 Å². The summed E-state index contributed by atoms with van der Waals surface area (Å²) in [5.41, 5.74) is 5.30. The van der Waals surface area contributed by atoms with Crippen LogP contribution in [0.4, 0.5) is 5.00 Å². The van der Waals surface area contributed by atoms with E-state index in [0.717, 1.165) is 45.4 Å². The highest BCUT2D eigenvalue weighted by Crippen LogP contribution is 2.36. The smallest absolute Gasteiger partial charge is 0.341 e.